The van der Waals surface area contributed by atoms with Crippen molar-refractivity contribution in [2.45, 2.75) is 43.4 Å². The van der Waals surface area contributed by atoms with Crippen molar-refractivity contribution in [1.29, 1.82) is 0 Å². The second-order valence-electron chi connectivity index (χ2n) is 8.28. The average molecular weight is 404 g/mol. The summed E-state index contributed by atoms with van der Waals surface area (Å²) in [5, 5.41) is 9.53. The Morgan fingerprint density at radius 2 is 1.76 bits per heavy atom. The number of hydrogen-bond acceptors (Lipinski definition) is 4. The van der Waals surface area contributed by atoms with E-state index in [1.165, 1.54) is 24.8 Å². The summed E-state index contributed by atoms with van der Waals surface area (Å²) in [5.74, 6) is 1.62. The number of carbonyl (C=O) groups is 1. The Bertz CT molecular complexity index is 928. The van der Waals surface area contributed by atoms with Crippen LogP contribution in [-0.4, -0.2) is 33.5 Å². The highest BCUT2D eigenvalue weighted by Crippen LogP contribution is 2.49. The largest absolute Gasteiger partial charge is 0.285 e. The Morgan fingerprint density at radius 1 is 1.00 bits per heavy atom. The van der Waals surface area contributed by atoms with E-state index >= 15 is 0 Å². The van der Waals surface area contributed by atoms with Crippen molar-refractivity contribution in [2.24, 2.45) is 22.0 Å². The zero-order valence-electron chi connectivity index (χ0n) is 16.4. The van der Waals surface area contributed by atoms with Crippen LogP contribution in [0.15, 0.2) is 70.9 Å². The minimum Gasteiger partial charge on any atom is -0.285 e. The number of thioether (sulfide) groups is 1. The lowest BCUT2D eigenvalue weighted by molar-refractivity contribution is -0.128. The number of carbonyl (C=O) groups excluding carboxylic acids is 1. The Labute approximate surface area is 176 Å². The predicted octanol–water partition coefficient (Wildman–Crippen LogP) is 4.75. The first-order valence-corrected chi connectivity index (χ1v) is 11.4. The van der Waals surface area contributed by atoms with Gasteiger partial charge in [0.1, 0.15) is 0 Å². The molecule has 3 aliphatic rings. The third-order valence-electron chi connectivity index (χ3n) is 6.41. The molecule has 4 atom stereocenters. The zero-order chi connectivity index (χ0) is 19.6. The monoisotopic (exact) mass is 403 g/mol. The molecule has 2 aromatic carbocycles. The van der Waals surface area contributed by atoms with Crippen LogP contribution in [0.1, 0.15) is 36.8 Å². The summed E-state index contributed by atoms with van der Waals surface area (Å²) in [7, 11) is 0. The molecule has 2 saturated carbocycles. The van der Waals surface area contributed by atoms with Crippen LogP contribution in [0.4, 0.5) is 0 Å². The number of amidine groups is 1. The van der Waals surface area contributed by atoms with E-state index in [1.807, 2.05) is 53.4 Å². The van der Waals surface area contributed by atoms with Gasteiger partial charge in [0.15, 0.2) is 5.17 Å². The SMILES string of the molecule is O=C1[C@H](Cc2ccccc2)S/C(=N/N=C\c2ccccc2)N1[C@H]1C[C@H]2CC[C@H]1C2. The van der Waals surface area contributed by atoms with Crippen molar-refractivity contribution < 1.29 is 4.79 Å². The van der Waals surface area contributed by atoms with Crippen molar-refractivity contribution in [3.8, 4) is 0 Å². The molecule has 148 valence electrons. The molecule has 2 aromatic rings. The van der Waals surface area contributed by atoms with E-state index in [0.717, 1.165) is 29.5 Å². The minimum atomic E-state index is -0.109. The van der Waals surface area contributed by atoms with Gasteiger partial charge in [0.25, 0.3) is 0 Å². The van der Waals surface area contributed by atoms with Crippen LogP contribution in [-0.2, 0) is 11.2 Å². The zero-order valence-corrected chi connectivity index (χ0v) is 17.2. The van der Waals surface area contributed by atoms with E-state index in [9.17, 15) is 4.79 Å². The van der Waals surface area contributed by atoms with Crippen LogP contribution in [0.3, 0.4) is 0 Å². The van der Waals surface area contributed by atoms with E-state index in [1.54, 1.807) is 18.0 Å². The number of benzene rings is 2. The van der Waals surface area contributed by atoms with Crippen LogP contribution in [0.25, 0.3) is 0 Å². The van der Waals surface area contributed by atoms with Crippen LogP contribution >= 0.6 is 11.8 Å². The Morgan fingerprint density at radius 3 is 2.45 bits per heavy atom. The maximum Gasteiger partial charge on any atom is 0.242 e. The normalized spacial score (nSPS) is 30.1. The van der Waals surface area contributed by atoms with Gasteiger partial charge in [-0.05, 0) is 48.6 Å². The topological polar surface area (TPSA) is 45.0 Å². The van der Waals surface area contributed by atoms with Crippen LogP contribution in [0.5, 0.6) is 0 Å². The maximum absolute atomic E-state index is 13.4. The second-order valence-corrected chi connectivity index (χ2v) is 9.45. The molecule has 0 aromatic heterocycles. The molecule has 2 aliphatic carbocycles. The Balaban J connectivity index is 1.39. The highest BCUT2D eigenvalue weighted by Gasteiger charge is 2.49. The van der Waals surface area contributed by atoms with E-state index < -0.39 is 0 Å². The first-order chi connectivity index (χ1) is 14.3. The molecule has 5 rings (SSSR count). The molecule has 0 radical (unpaired) electrons. The maximum atomic E-state index is 13.4. The van der Waals surface area contributed by atoms with Crippen LogP contribution in [0, 0.1) is 11.8 Å². The number of amides is 1. The van der Waals surface area contributed by atoms with Gasteiger partial charge in [-0.15, -0.1) is 5.10 Å². The summed E-state index contributed by atoms with van der Waals surface area (Å²) < 4.78 is 0. The first-order valence-electron chi connectivity index (χ1n) is 10.5. The summed E-state index contributed by atoms with van der Waals surface area (Å²) in [6, 6.07) is 20.5. The lowest BCUT2D eigenvalue weighted by atomic mass is 9.94. The van der Waals surface area contributed by atoms with Crippen molar-refractivity contribution in [3.63, 3.8) is 0 Å². The standard InChI is InChI=1S/C24H25N3OS/c28-23-22(15-17-7-3-1-4-8-17)29-24(26-25-16-18-9-5-2-6-10-18)27(23)21-14-19-11-12-20(21)13-19/h1-10,16,19-22H,11-15H2/b25-16-,26-24+/t19-,20-,21-,22-/m0/s1. The van der Waals surface area contributed by atoms with Gasteiger partial charge in [0.05, 0.1) is 11.5 Å². The molecule has 1 heterocycles. The van der Waals surface area contributed by atoms with E-state index in [2.05, 4.69) is 22.3 Å². The van der Waals surface area contributed by atoms with Crippen LogP contribution in [0.2, 0.25) is 0 Å². The first kappa shape index (κ1) is 18.6. The van der Waals surface area contributed by atoms with Gasteiger partial charge in [0.2, 0.25) is 5.91 Å². The van der Waals surface area contributed by atoms with E-state index in [0.29, 0.717) is 12.0 Å². The quantitative estimate of drug-likeness (QED) is 0.534. The van der Waals surface area contributed by atoms with Gasteiger partial charge in [-0.2, -0.15) is 5.10 Å². The molecule has 3 fully saturated rings. The van der Waals surface area contributed by atoms with Crippen LogP contribution < -0.4 is 0 Å². The van der Waals surface area contributed by atoms with Crippen molar-refractivity contribution in [2.75, 3.05) is 0 Å². The summed E-state index contributed by atoms with van der Waals surface area (Å²) in [4.78, 5) is 15.4. The lowest BCUT2D eigenvalue weighted by Crippen LogP contribution is -2.44. The fraction of sp³-hybridized carbons (Fsp3) is 0.375. The predicted molar refractivity (Wildman–Crippen MR) is 119 cm³/mol. The molecule has 1 saturated heterocycles. The third kappa shape index (κ3) is 3.88. The Hall–Kier alpha value is -2.40. The summed E-state index contributed by atoms with van der Waals surface area (Å²) in [6.45, 7) is 0. The van der Waals surface area contributed by atoms with Crippen molar-refractivity contribution in [1.82, 2.24) is 4.90 Å². The Kier molecular flexibility index (Phi) is 5.23. The summed E-state index contributed by atoms with van der Waals surface area (Å²) >= 11 is 1.58. The minimum absolute atomic E-state index is 0.109. The summed E-state index contributed by atoms with van der Waals surface area (Å²) in [5.41, 5.74) is 2.21. The molecule has 29 heavy (non-hydrogen) atoms. The van der Waals surface area contributed by atoms with Crippen molar-refractivity contribution >= 4 is 29.1 Å². The molecular weight excluding hydrogens is 378 g/mol. The highest BCUT2D eigenvalue weighted by molar-refractivity contribution is 8.15. The van der Waals surface area contributed by atoms with Crippen molar-refractivity contribution in [3.05, 3.63) is 71.8 Å². The summed E-state index contributed by atoms with van der Waals surface area (Å²) in [6.07, 6.45) is 7.46. The highest BCUT2D eigenvalue weighted by atomic mass is 32.2. The molecule has 4 nitrogen and oxygen atoms in total. The molecular formula is C24H25N3OS. The van der Waals surface area contributed by atoms with Gasteiger partial charge in [0, 0.05) is 6.04 Å². The van der Waals surface area contributed by atoms with E-state index in [4.69, 9.17) is 0 Å². The smallest absolute Gasteiger partial charge is 0.242 e. The van der Waals surface area contributed by atoms with Gasteiger partial charge < -0.3 is 0 Å². The van der Waals surface area contributed by atoms with Gasteiger partial charge in [-0.25, -0.2) is 0 Å². The molecule has 0 N–H and O–H groups in total. The molecule has 2 bridgehead atoms. The van der Waals surface area contributed by atoms with Gasteiger partial charge in [-0.1, -0.05) is 78.8 Å². The molecule has 0 spiro atoms. The molecule has 1 aliphatic heterocycles. The third-order valence-corrected chi connectivity index (χ3v) is 7.55. The molecule has 0 unspecified atom stereocenters. The average Bonchev–Trinajstić information content (AvgIpc) is 3.45. The molecule has 5 heteroatoms. The van der Waals surface area contributed by atoms with E-state index in [-0.39, 0.29) is 11.2 Å². The number of rotatable bonds is 5. The number of nitrogens with zero attached hydrogens (tertiary/aromatic N) is 3. The second kappa shape index (κ2) is 8.15. The van der Waals surface area contributed by atoms with Gasteiger partial charge in [-0.3, -0.25) is 9.69 Å². The molecule has 1 amide bonds. The number of hydrogen-bond donors (Lipinski definition) is 0. The van der Waals surface area contributed by atoms with Gasteiger partial charge >= 0.3 is 0 Å². The fourth-order valence-corrected chi connectivity index (χ4v) is 6.21. The number of fused-ring (bicyclic) bond motifs is 2. The fourth-order valence-electron chi connectivity index (χ4n) is 5.03. The lowest BCUT2D eigenvalue weighted by Gasteiger charge is -2.30.